The second-order valence-electron chi connectivity index (χ2n) is 4.88. The minimum absolute atomic E-state index is 0.114. The Morgan fingerprint density at radius 2 is 2.24 bits per heavy atom. The molecule has 0 saturated carbocycles. The fourth-order valence-electron chi connectivity index (χ4n) is 2.16. The van der Waals surface area contributed by atoms with E-state index in [-0.39, 0.29) is 18.4 Å². The van der Waals surface area contributed by atoms with Gasteiger partial charge in [-0.15, -0.1) is 0 Å². The van der Waals surface area contributed by atoms with E-state index in [2.05, 4.69) is 10.6 Å². The number of rotatable bonds is 5. The predicted octanol–water partition coefficient (Wildman–Crippen LogP) is 0.0308. The van der Waals surface area contributed by atoms with E-state index in [0.29, 0.717) is 13.2 Å². The number of ether oxygens (including phenoxy) is 2. The van der Waals surface area contributed by atoms with Crippen LogP contribution < -0.4 is 25.8 Å². The topological polar surface area (TPSA) is 103 Å². The summed E-state index contributed by atoms with van der Waals surface area (Å²) in [7, 11) is 1.61. The molecule has 1 aromatic carbocycles. The summed E-state index contributed by atoms with van der Waals surface area (Å²) in [6.45, 7) is 0.908. The summed E-state index contributed by atoms with van der Waals surface area (Å²) in [6, 6.07) is 5.01. The Bertz CT molecular complexity index is 533. The van der Waals surface area contributed by atoms with E-state index in [1.807, 2.05) is 18.2 Å². The average molecular weight is 293 g/mol. The molecule has 3 amide bonds. The van der Waals surface area contributed by atoms with Crippen LogP contribution in [-0.4, -0.2) is 38.7 Å². The van der Waals surface area contributed by atoms with Crippen LogP contribution in [-0.2, 0) is 11.2 Å². The summed E-state index contributed by atoms with van der Waals surface area (Å²) in [6.07, 6.45) is 0.822. The van der Waals surface area contributed by atoms with Crippen LogP contribution in [0.1, 0.15) is 5.56 Å². The Labute approximate surface area is 122 Å². The first-order valence-electron chi connectivity index (χ1n) is 6.68. The standard InChI is InChI=1S/C14H19N3O4/c1-20-11-3-2-10-4-9(8-21-12(10)5-11)6-16-13(18)7-17-14(15)19/h2-3,5,9H,4,6-8H2,1H3,(H,16,18)(H3,15,17,19)/t9-/m1/s1. The number of methoxy groups -OCH3 is 1. The summed E-state index contributed by atoms with van der Waals surface area (Å²) in [5, 5.41) is 4.99. The van der Waals surface area contributed by atoms with Crippen LogP contribution in [0, 0.1) is 5.92 Å². The summed E-state index contributed by atoms with van der Waals surface area (Å²) in [5.41, 5.74) is 5.99. The SMILES string of the molecule is COc1ccc2c(c1)OC[C@@H](CNC(=O)CNC(N)=O)C2. The van der Waals surface area contributed by atoms with Gasteiger partial charge in [0, 0.05) is 18.5 Å². The van der Waals surface area contributed by atoms with Gasteiger partial charge in [0.05, 0.1) is 20.3 Å². The first kappa shape index (κ1) is 15.0. The van der Waals surface area contributed by atoms with Gasteiger partial charge < -0.3 is 25.8 Å². The lowest BCUT2D eigenvalue weighted by atomic mass is 9.96. The van der Waals surface area contributed by atoms with E-state index in [9.17, 15) is 9.59 Å². The normalized spacial score (nSPS) is 16.3. The fraction of sp³-hybridized carbons (Fsp3) is 0.429. The Kier molecular flexibility index (Phi) is 4.86. The van der Waals surface area contributed by atoms with Crippen LogP contribution in [0.5, 0.6) is 11.5 Å². The summed E-state index contributed by atoms with van der Waals surface area (Å²) in [5.74, 6) is 1.52. The Hall–Kier alpha value is -2.44. The lowest BCUT2D eigenvalue weighted by Crippen LogP contribution is -2.42. The van der Waals surface area contributed by atoms with Crippen molar-refractivity contribution in [1.82, 2.24) is 10.6 Å². The number of benzene rings is 1. The van der Waals surface area contributed by atoms with Gasteiger partial charge in [0.2, 0.25) is 5.91 Å². The van der Waals surface area contributed by atoms with Crippen LogP contribution in [0.15, 0.2) is 18.2 Å². The number of amides is 3. The number of urea groups is 1. The first-order valence-corrected chi connectivity index (χ1v) is 6.68. The van der Waals surface area contributed by atoms with Crippen molar-refractivity contribution in [3.8, 4) is 11.5 Å². The minimum atomic E-state index is -0.714. The van der Waals surface area contributed by atoms with Gasteiger partial charge in [-0.05, 0) is 18.1 Å². The molecule has 0 radical (unpaired) electrons. The van der Waals surface area contributed by atoms with Gasteiger partial charge >= 0.3 is 6.03 Å². The highest BCUT2D eigenvalue weighted by Crippen LogP contribution is 2.30. The summed E-state index contributed by atoms with van der Waals surface area (Å²) in [4.78, 5) is 22.0. The van der Waals surface area contributed by atoms with Crippen LogP contribution >= 0.6 is 0 Å². The zero-order valence-electron chi connectivity index (χ0n) is 11.8. The smallest absolute Gasteiger partial charge is 0.312 e. The number of carbonyl (C=O) groups is 2. The van der Waals surface area contributed by atoms with Gasteiger partial charge in [0.15, 0.2) is 0 Å². The predicted molar refractivity (Wildman–Crippen MR) is 76.3 cm³/mol. The number of fused-ring (bicyclic) bond motifs is 1. The van der Waals surface area contributed by atoms with Gasteiger partial charge in [-0.3, -0.25) is 4.79 Å². The highest BCUT2D eigenvalue weighted by molar-refractivity contribution is 5.83. The molecule has 7 heteroatoms. The quantitative estimate of drug-likeness (QED) is 0.712. The van der Waals surface area contributed by atoms with E-state index < -0.39 is 6.03 Å². The van der Waals surface area contributed by atoms with Crippen molar-refractivity contribution in [2.45, 2.75) is 6.42 Å². The van der Waals surface area contributed by atoms with Gasteiger partial charge in [-0.2, -0.15) is 0 Å². The van der Waals surface area contributed by atoms with Crippen LogP contribution in [0.4, 0.5) is 4.79 Å². The molecule has 0 bridgehead atoms. The Morgan fingerprint density at radius 3 is 2.95 bits per heavy atom. The molecule has 0 saturated heterocycles. The molecule has 1 aromatic rings. The molecule has 4 N–H and O–H groups in total. The lowest BCUT2D eigenvalue weighted by Gasteiger charge is -2.25. The third-order valence-electron chi connectivity index (χ3n) is 3.27. The largest absolute Gasteiger partial charge is 0.497 e. The highest BCUT2D eigenvalue weighted by atomic mass is 16.5. The molecule has 2 rings (SSSR count). The number of nitrogens with one attached hydrogen (secondary N) is 2. The average Bonchev–Trinajstić information content (AvgIpc) is 2.50. The fourth-order valence-corrected chi connectivity index (χ4v) is 2.16. The molecule has 114 valence electrons. The number of nitrogens with two attached hydrogens (primary N) is 1. The number of primary amides is 1. The van der Waals surface area contributed by atoms with Crippen molar-refractivity contribution in [1.29, 1.82) is 0 Å². The van der Waals surface area contributed by atoms with Crippen LogP contribution in [0.2, 0.25) is 0 Å². The molecule has 0 unspecified atom stereocenters. The van der Waals surface area contributed by atoms with E-state index in [4.69, 9.17) is 15.2 Å². The van der Waals surface area contributed by atoms with Crippen molar-refractivity contribution in [3.63, 3.8) is 0 Å². The van der Waals surface area contributed by atoms with E-state index in [0.717, 1.165) is 23.5 Å². The van der Waals surface area contributed by atoms with Gasteiger partial charge in [0.1, 0.15) is 11.5 Å². The molecular formula is C14H19N3O4. The van der Waals surface area contributed by atoms with Crippen molar-refractivity contribution < 1.29 is 19.1 Å². The molecule has 0 fully saturated rings. The lowest BCUT2D eigenvalue weighted by molar-refractivity contribution is -0.120. The Balaban J connectivity index is 1.82. The second-order valence-corrected chi connectivity index (χ2v) is 4.88. The monoisotopic (exact) mass is 293 g/mol. The van der Waals surface area contributed by atoms with Crippen molar-refractivity contribution >= 4 is 11.9 Å². The van der Waals surface area contributed by atoms with Crippen LogP contribution in [0.25, 0.3) is 0 Å². The van der Waals surface area contributed by atoms with Gasteiger partial charge in [-0.1, -0.05) is 6.07 Å². The number of hydrogen-bond donors (Lipinski definition) is 3. The van der Waals surface area contributed by atoms with Crippen molar-refractivity contribution in [3.05, 3.63) is 23.8 Å². The molecule has 0 aromatic heterocycles. The summed E-state index contributed by atoms with van der Waals surface area (Å²) < 4.78 is 10.8. The zero-order valence-corrected chi connectivity index (χ0v) is 11.8. The van der Waals surface area contributed by atoms with Gasteiger partial charge in [-0.25, -0.2) is 4.79 Å². The maximum absolute atomic E-state index is 11.5. The Morgan fingerprint density at radius 1 is 1.43 bits per heavy atom. The highest BCUT2D eigenvalue weighted by Gasteiger charge is 2.20. The molecule has 0 aliphatic carbocycles. The van der Waals surface area contributed by atoms with Crippen LogP contribution in [0.3, 0.4) is 0 Å². The molecule has 1 atom stereocenters. The molecule has 1 heterocycles. The molecule has 1 aliphatic heterocycles. The number of hydrogen-bond acceptors (Lipinski definition) is 4. The summed E-state index contributed by atoms with van der Waals surface area (Å²) >= 11 is 0. The second kappa shape index (κ2) is 6.83. The van der Waals surface area contributed by atoms with Crippen molar-refractivity contribution in [2.24, 2.45) is 11.7 Å². The zero-order chi connectivity index (χ0) is 15.2. The minimum Gasteiger partial charge on any atom is -0.497 e. The molecule has 0 spiro atoms. The molecule has 7 nitrogen and oxygen atoms in total. The van der Waals surface area contributed by atoms with E-state index in [1.165, 1.54) is 0 Å². The molecular weight excluding hydrogens is 274 g/mol. The number of carbonyl (C=O) groups excluding carboxylic acids is 2. The van der Waals surface area contributed by atoms with Gasteiger partial charge in [0.25, 0.3) is 0 Å². The maximum atomic E-state index is 11.5. The third-order valence-corrected chi connectivity index (χ3v) is 3.27. The van der Waals surface area contributed by atoms with E-state index in [1.54, 1.807) is 7.11 Å². The maximum Gasteiger partial charge on any atom is 0.312 e. The molecule has 21 heavy (non-hydrogen) atoms. The van der Waals surface area contributed by atoms with E-state index >= 15 is 0 Å². The first-order chi connectivity index (χ1) is 10.1. The molecule has 1 aliphatic rings. The third kappa shape index (κ3) is 4.27. The van der Waals surface area contributed by atoms with Crippen molar-refractivity contribution in [2.75, 3.05) is 26.8 Å².